The van der Waals surface area contributed by atoms with Crippen LogP contribution in [0.2, 0.25) is 0 Å². The maximum absolute atomic E-state index is 13.8. The first-order chi connectivity index (χ1) is 17.0. The molecule has 1 amide bonds. The van der Waals surface area contributed by atoms with Crippen molar-refractivity contribution in [3.8, 4) is 5.75 Å². The molecule has 0 saturated heterocycles. The molecule has 0 bridgehead atoms. The number of hydrogen-bond acceptors (Lipinski definition) is 5. The molecular formula is C29H35NO5. The van der Waals surface area contributed by atoms with E-state index in [1.807, 2.05) is 50.2 Å². The first-order valence-electron chi connectivity index (χ1n) is 12.6. The predicted octanol–water partition coefficient (Wildman–Crippen LogP) is 5.95. The number of nitrogens with zero attached hydrogens (tertiary/aromatic N) is 1. The van der Waals surface area contributed by atoms with Gasteiger partial charge in [0.25, 0.3) is 5.91 Å². The molecule has 0 radical (unpaired) electrons. The average molecular weight is 478 g/mol. The normalized spacial score (nSPS) is 15.1. The summed E-state index contributed by atoms with van der Waals surface area (Å²) in [7, 11) is 1.64. The van der Waals surface area contributed by atoms with Crippen LogP contribution in [0.25, 0.3) is 11.0 Å². The van der Waals surface area contributed by atoms with Crippen molar-refractivity contribution in [2.24, 2.45) is 0 Å². The van der Waals surface area contributed by atoms with Gasteiger partial charge in [0.15, 0.2) is 5.43 Å². The molecule has 3 aromatic rings. The molecule has 6 heteroatoms. The molecule has 0 aliphatic carbocycles. The highest BCUT2D eigenvalue weighted by Gasteiger charge is 2.42. The van der Waals surface area contributed by atoms with Crippen molar-refractivity contribution in [3.63, 3.8) is 0 Å². The van der Waals surface area contributed by atoms with Gasteiger partial charge in [-0.25, -0.2) is 0 Å². The molecule has 1 unspecified atom stereocenters. The highest BCUT2D eigenvalue weighted by molar-refractivity contribution is 5.99. The van der Waals surface area contributed by atoms with E-state index in [4.69, 9.17) is 13.9 Å². The van der Waals surface area contributed by atoms with Crippen LogP contribution in [0.1, 0.15) is 77.9 Å². The van der Waals surface area contributed by atoms with Crippen LogP contribution in [-0.4, -0.2) is 37.7 Å². The monoisotopic (exact) mass is 477 g/mol. The number of carbonyl (C=O) groups excluding carboxylic acids is 1. The van der Waals surface area contributed by atoms with Crippen LogP contribution >= 0.6 is 0 Å². The fourth-order valence-electron chi connectivity index (χ4n) is 4.94. The molecule has 6 nitrogen and oxygen atoms in total. The van der Waals surface area contributed by atoms with Gasteiger partial charge in [0.05, 0.1) is 23.6 Å². The SMILES string of the molecule is CCCCCCOc1ccc(C2c3c(oc4cc(C)cc(C)c4c3=O)C(=O)N2CCCOC)cc1. The van der Waals surface area contributed by atoms with Gasteiger partial charge < -0.3 is 18.8 Å². The second kappa shape index (κ2) is 11.1. The van der Waals surface area contributed by atoms with Gasteiger partial charge in [-0.1, -0.05) is 44.4 Å². The van der Waals surface area contributed by atoms with E-state index in [-0.39, 0.29) is 17.1 Å². The fraction of sp³-hybridized carbons (Fsp3) is 0.448. The molecule has 1 aliphatic rings. The average Bonchev–Trinajstić information content (AvgIpc) is 3.11. The van der Waals surface area contributed by atoms with Gasteiger partial charge in [-0.2, -0.15) is 0 Å². The van der Waals surface area contributed by atoms with Gasteiger partial charge >= 0.3 is 0 Å². The Kier molecular flexibility index (Phi) is 7.91. The molecule has 35 heavy (non-hydrogen) atoms. The minimum absolute atomic E-state index is 0.136. The number of methoxy groups -OCH3 is 1. The summed E-state index contributed by atoms with van der Waals surface area (Å²) >= 11 is 0. The van der Waals surface area contributed by atoms with Crippen molar-refractivity contribution < 1.29 is 18.7 Å². The molecule has 0 saturated carbocycles. The van der Waals surface area contributed by atoms with Gasteiger partial charge in [-0.05, 0) is 61.6 Å². The van der Waals surface area contributed by atoms with Gasteiger partial charge in [-0.3, -0.25) is 9.59 Å². The summed E-state index contributed by atoms with van der Waals surface area (Å²) < 4.78 is 17.2. The number of carbonyl (C=O) groups is 1. The van der Waals surface area contributed by atoms with Crippen molar-refractivity contribution in [2.45, 2.75) is 58.9 Å². The number of fused-ring (bicyclic) bond motifs is 2. The second-order valence-corrected chi connectivity index (χ2v) is 9.35. The smallest absolute Gasteiger partial charge is 0.290 e. The summed E-state index contributed by atoms with van der Waals surface area (Å²) in [5, 5.41) is 0.540. The van der Waals surface area contributed by atoms with Gasteiger partial charge in [-0.15, -0.1) is 0 Å². The molecule has 0 spiro atoms. The zero-order chi connectivity index (χ0) is 24.9. The number of hydrogen-bond donors (Lipinski definition) is 0. The van der Waals surface area contributed by atoms with Gasteiger partial charge in [0, 0.05) is 20.3 Å². The fourth-order valence-corrected chi connectivity index (χ4v) is 4.94. The van der Waals surface area contributed by atoms with Crippen molar-refractivity contribution in [1.29, 1.82) is 0 Å². The molecule has 1 aromatic heterocycles. The van der Waals surface area contributed by atoms with Gasteiger partial charge in [0.2, 0.25) is 5.76 Å². The van der Waals surface area contributed by atoms with Crippen molar-refractivity contribution in [2.75, 3.05) is 26.9 Å². The van der Waals surface area contributed by atoms with Crippen LogP contribution in [-0.2, 0) is 4.74 Å². The third kappa shape index (κ3) is 5.13. The third-order valence-electron chi connectivity index (χ3n) is 6.62. The zero-order valence-electron chi connectivity index (χ0n) is 21.2. The first kappa shape index (κ1) is 25.0. The summed E-state index contributed by atoms with van der Waals surface area (Å²) in [6.07, 6.45) is 5.26. The van der Waals surface area contributed by atoms with Crippen molar-refractivity contribution >= 4 is 16.9 Å². The van der Waals surface area contributed by atoms with E-state index in [0.717, 1.165) is 35.3 Å². The number of ether oxygens (including phenoxy) is 2. The molecular weight excluding hydrogens is 442 g/mol. The third-order valence-corrected chi connectivity index (χ3v) is 6.62. The second-order valence-electron chi connectivity index (χ2n) is 9.35. The molecule has 0 N–H and O–H groups in total. The number of rotatable bonds is 11. The van der Waals surface area contributed by atoms with E-state index in [0.29, 0.717) is 42.7 Å². The standard InChI is InChI=1S/C29H35NO5/c1-5-6-7-8-16-34-22-12-10-21(11-13-22)26-25-27(31)24-20(3)17-19(2)18-23(24)35-28(25)29(32)30(26)14-9-15-33-4/h10-13,17-18,26H,5-9,14-16H2,1-4H3. The van der Waals surface area contributed by atoms with Crippen LogP contribution in [0.5, 0.6) is 5.75 Å². The Hall–Kier alpha value is -3.12. The van der Waals surface area contributed by atoms with Crippen LogP contribution in [0.15, 0.2) is 45.6 Å². The number of benzene rings is 2. The molecule has 2 heterocycles. The molecule has 186 valence electrons. The number of aryl methyl sites for hydroxylation is 2. The lowest BCUT2D eigenvalue weighted by molar-refractivity contribution is 0.0708. The molecule has 1 aliphatic heterocycles. The molecule has 1 atom stereocenters. The largest absolute Gasteiger partial charge is 0.494 e. The van der Waals surface area contributed by atoms with E-state index in [2.05, 4.69) is 6.92 Å². The van der Waals surface area contributed by atoms with E-state index in [1.54, 1.807) is 12.0 Å². The Bertz CT molecular complexity index is 1240. The summed E-state index contributed by atoms with van der Waals surface area (Å²) in [6.45, 7) is 7.73. The van der Waals surface area contributed by atoms with Crippen molar-refractivity contribution in [1.82, 2.24) is 4.90 Å². The van der Waals surface area contributed by atoms with E-state index < -0.39 is 6.04 Å². The van der Waals surface area contributed by atoms with Gasteiger partial charge in [0.1, 0.15) is 11.3 Å². The Morgan fingerprint density at radius 2 is 1.74 bits per heavy atom. The van der Waals surface area contributed by atoms with Crippen LogP contribution in [0.3, 0.4) is 0 Å². The first-order valence-corrected chi connectivity index (χ1v) is 12.6. The lowest BCUT2D eigenvalue weighted by Gasteiger charge is -2.25. The Labute approximate surface area is 206 Å². The summed E-state index contributed by atoms with van der Waals surface area (Å²) in [5.74, 6) is 0.680. The minimum Gasteiger partial charge on any atom is -0.494 e. The van der Waals surface area contributed by atoms with Crippen LogP contribution in [0.4, 0.5) is 0 Å². The highest BCUT2D eigenvalue weighted by Crippen LogP contribution is 2.39. The van der Waals surface area contributed by atoms with E-state index >= 15 is 0 Å². The summed E-state index contributed by atoms with van der Waals surface area (Å²) in [4.78, 5) is 29.0. The molecule has 0 fully saturated rings. The summed E-state index contributed by atoms with van der Waals surface area (Å²) in [6, 6.07) is 11.0. The summed E-state index contributed by atoms with van der Waals surface area (Å²) in [5.41, 5.74) is 3.45. The van der Waals surface area contributed by atoms with E-state index in [1.165, 1.54) is 12.8 Å². The Balaban J connectivity index is 1.71. The Morgan fingerprint density at radius 1 is 0.971 bits per heavy atom. The number of unbranched alkanes of at least 4 members (excludes halogenated alkanes) is 3. The molecule has 4 rings (SSSR count). The maximum atomic E-state index is 13.8. The quantitative estimate of drug-likeness (QED) is 0.319. The molecule has 2 aromatic carbocycles. The maximum Gasteiger partial charge on any atom is 0.290 e. The lowest BCUT2D eigenvalue weighted by Crippen LogP contribution is -2.31. The minimum atomic E-state index is -0.505. The highest BCUT2D eigenvalue weighted by atomic mass is 16.5. The zero-order valence-corrected chi connectivity index (χ0v) is 21.2. The van der Waals surface area contributed by atoms with Crippen LogP contribution in [0, 0.1) is 13.8 Å². The van der Waals surface area contributed by atoms with E-state index in [9.17, 15) is 9.59 Å². The Morgan fingerprint density at radius 3 is 2.46 bits per heavy atom. The number of amides is 1. The topological polar surface area (TPSA) is 69.0 Å². The van der Waals surface area contributed by atoms with Crippen molar-refractivity contribution in [3.05, 3.63) is 74.6 Å². The van der Waals surface area contributed by atoms with Crippen LogP contribution < -0.4 is 10.2 Å². The predicted molar refractivity (Wildman–Crippen MR) is 137 cm³/mol. The lowest BCUT2D eigenvalue weighted by atomic mass is 9.97.